The van der Waals surface area contributed by atoms with Gasteiger partial charge in [0.1, 0.15) is 11.6 Å². The summed E-state index contributed by atoms with van der Waals surface area (Å²) < 4.78 is 32.3. The van der Waals surface area contributed by atoms with Crippen LogP contribution in [-0.4, -0.2) is 51.9 Å². The van der Waals surface area contributed by atoms with Gasteiger partial charge in [0.2, 0.25) is 0 Å². The van der Waals surface area contributed by atoms with E-state index in [1.165, 1.54) is 17.7 Å². The average Bonchev–Trinajstić information content (AvgIpc) is 3.10. The average molecular weight is 492 g/mol. The molecule has 1 unspecified atom stereocenters. The van der Waals surface area contributed by atoms with Crippen molar-refractivity contribution in [2.24, 2.45) is 4.99 Å². The molecule has 1 fully saturated rings. The quantitative estimate of drug-likeness (QED) is 0.287. The fourth-order valence-corrected chi connectivity index (χ4v) is 3.36. The van der Waals surface area contributed by atoms with E-state index in [9.17, 15) is 8.78 Å². The zero-order valence-corrected chi connectivity index (χ0v) is 17.8. The third-order valence-electron chi connectivity index (χ3n) is 4.80. The van der Waals surface area contributed by atoms with Crippen LogP contribution in [0.2, 0.25) is 0 Å². The Balaban J connectivity index is 0.00000261. The lowest BCUT2D eigenvalue weighted by molar-refractivity contribution is 0.153. The molecule has 0 aromatic heterocycles. The van der Waals surface area contributed by atoms with E-state index in [-0.39, 0.29) is 30.0 Å². The minimum atomic E-state index is -0.552. The summed E-state index contributed by atoms with van der Waals surface area (Å²) >= 11 is 0. The van der Waals surface area contributed by atoms with E-state index in [0.29, 0.717) is 18.8 Å². The summed E-state index contributed by atoms with van der Waals surface area (Å²) in [4.78, 5) is 6.21. The van der Waals surface area contributed by atoms with Gasteiger partial charge < -0.3 is 20.3 Å². The van der Waals surface area contributed by atoms with Gasteiger partial charge in [-0.1, -0.05) is 11.6 Å². The lowest BCUT2D eigenvalue weighted by Gasteiger charge is -2.21. The molecule has 1 aromatic carbocycles. The van der Waals surface area contributed by atoms with Crippen LogP contribution >= 0.6 is 24.0 Å². The summed E-state index contributed by atoms with van der Waals surface area (Å²) in [6.07, 6.45) is 4.99. The van der Waals surface area contributed by atoms with Crippen LogP contribution in [0.3, 0.4) is 0 Å². The number of rotatable bonds is 5. The van der Waals surface area contributed by atoms with Crippen LogP contribution in [0.5, 0.6) is 0 Å². The summed E-state index contributed by atoms with van der Waals surface area (Å²) in [6.45, 7) is 3.71. The molecule has 0 saturated carbocycles. The molecule has 8 heteroatoms. The van der Waals surface area contributed by atoms with Crippen molar-refractivity contribution in [1.29, 1.82) is 0 Å². The van der Waals surface area contributed by atoms with Crippen molar-refractivity contribution < 1.29 is 13.5 Å². The highest BCUT2D eigenvalue weighted by Gasteiger charge is 2.25. The van der Waals surface area contributed by atoms with E-state index in [1.54, 1.807) is 7.05 Å². The minimum Gasteiger partial charge on any atom is -0.377 e. The Morgan fingerprint density at radius 1 is 1.37 bits per heavy atom. The molecule has 1 atom stereocenters. The lowest BCUT2D eigenvalue weighted by Crippen LogP contribution is -2.45. The number of hydrogen-bond acceptors (Lipinski definition) is 3. The van der Waals surface area contributed by atoms with Gasteiger partial charge in [0.05, 0.1) is 18.9 Å². The molecule has 0 aliphatic carbocycles. The lowest BCUT2D eigenvalue weighted by atomic mass is 10.1. The van der Waals surface area contributed by atoms with Crippen LogP contribution in [0.25, 0.3) is 0 Å². The van der Waals surface area contributed by atoms with Crippen molar-refractivity contribution in [3.05, 3.63) is 41.5 Å². The molecule has 1 aromatic rings. The Hall–Kier alpha value is -1.42. The number of hydrogen-bond donors (Lipinski definition) is 2. The van der Waals surface area contributed by atoms with Gasteiger partial charge in [-0.05, 0) is 31.4 Å². The molecule has 2 aliphatic rings. The van der Waals surface area contributed by atoms with E-state index in [0.717, 1.165) is 51.0 Å². The maximum atomic E-state index is 13.9. The number of benzene rings is 1. The summed E-state index contributed by atoms with van der Waals surface area (Å²) in [5, 5.41) is 6.72. The predicted octanol–water partition coefficient (Wildman–Crippen LogP) is 3.06. The van der Waals surface area contributed by atoms with Crippen LogP contribution in [0.1, 0.15) is 19.3 Å². The molecule has 3 rings (SSSR count). The maximum Gasteiger partial charge on any atom is 0.191 e. The van der Waals surface area contributed by atoms with Crippen LogP contribution in [0.4, 0.5) is 14.5 Å². The molecule has 0 radical (unpaired) electrons. The number of anilines is 1. The summed E-state index contributed by atoms with van der Waals surface area (Å²) in [5.74, 6) is -0.314. The van der Waals surface area contributed by atoms with E-state index >= 15 is 0 Å². The Bertz CT molecular complexity index is 684. The van der Waals surface area contributed by atoms with E-state index in [2.05, 4.69) is 21.7 Å². The largest absolute Gasteiger partial charge is 0.377 e. The van der Waals surface area contributed by atoms with Crippen molar-refractivity contribution in [2.75, 3.05) is 44.8 Å². The summed E-state index contributed by atoms with van der Waals surface area (Å²) in [6, 6.07) is 3.90. The third kappa shape index (κ3) is 6.31. The SMILES string of the molecule is CN=C(NCCC1=CCOCC1)NC1CCN(c2ccc(F)cc2F)C1.I. The van der Waals surface area contributed by atoms with Crippen molar-refractivity contribution >= 4 is 35.6 Å². The number of ether oxygens (including phenoxy) is 1. The minimum absolute atomic E-state index is 0. The fourth-order valence-electron chi connectivity index (χ4n) is 3.36. The topological polar surface area (TPSA) is 48.9 Å². The normalized spacial score (nSPS) is 20.1. The smallest absolute Gasteiger partial charge is 0.191 e. The molecular weight excluding hydrogens is 465 g/mol. The highest BCUT2D eigenvalue weighted by Crippen LogP contribution is 2.24. The number of nitrogens with zero attached hydrogens (tertiary/aromatic N) is 2. The maximum absolute atomic E-state index is 13.9. The fraction of sp³-hybridized carbons (Fsp3) is 0.526. The van der Waals surface area contributed by atoms with Crippen LogP contribution in [0, 0.1) is 11.6 Å². The highest BCUT2D eigenvalue weighted by molar-refractivity contribution is 14.0. The first-order chi connectivity index (χ1) is 12.7. The van der Waals surface area contributed by atoms with E-state index in [1.807, 2.05) is 4.90 Å². The van der Waals surface area contributed by atoms with Gasteiger partial charge in [-0.25, -0.2) is 8.78 Å². The monoisotopic (exact) mass is 492 g/mol. The Labute approximate surface area is 176 Å². The standard InChI is InChI=1S/C19H26F2N4O.HI/c1-22-19(23-8-4-14-6-10-26-11-7-14)24-16-5-9-25(13-16)18-3-2-15(20)12-17(18)21;/h2-3,6,12,16H,4-5,7-11,13H2,1H3,(H2,22,23,24);1H. The van der Waals surface area contributed by atoms with Gasteiger partial charge in [-0.15, -0.1) is 24.0 Å². The number of nitrogens with one attached hydrogen (secondary N) is 2. The first kappa shape index (κ1) is 21.9. The first-order valence-electron chi connectivity index (χ1n) is 9.08. The van der Waals surface area contributed by atoms with Crippen molar-refractivity contribution in [1.82, 2.24) is 10.6 Å². The predicted molar refractivity (Wildman–Crippen MR) is 115 cm³/mol. The second kappa shape index (κ2) is 10.8. The van der Waals surface area contributed by atoms with Crippen LogP contribution in [-0.2, 0) is 4.74 Å². The zero-order chi connectivity index (χ0) is 18.4. The molecule has 2 heterocycles. The second-order valence-corrected chi connectivity index (χ2v) is 6.61. The summed E-state index contributed by atoms with van der Waals surface area (Å²) in [5.41, 5.74) is 1.86. The van der Waals surface area contributed by atoms with Crippen LogP contribution in [0.15, 0.2) is 34.8 Å². The Morgan fingerprint density at radius 2 is 2.22 bits per heavy atom. The van der Waals surface area contributed by atoms with Gasteiger partial charge in [0.15, 0.2) is 5.96 Å². The van der Waals surface area contributed by atoms with Gasteiger partial charge in [-0.3, -0.25) is 4.99 Å². The number of guanidine groups is 1. The molecule has 150 valence electrons. The molecule has 0 bridgehead atoms. The molecular formula is C19H27F2IN4O. The van der Waals surface area contributed by atoms with Crippen molar-refractivity contribution in [3.63, 3.8) is 0 Å². The van der Waals surface area contributed by atoms with E-state index < -0.39 is 11.6 Å². The number of aliphatic imine (C=N–C) groups is 1. The number of halogens is 3. The molecule has 2 aliphatic heterocycles. The van der Waals surface area contributed by atoms with Crippen LogP contribution < -0.4 is 15.5 Å². The van der Waals surface area contributed by atoms with E-state index in [4.69, 9.17) is 4.74 Å². The van der Waals surface area contributed by atoms with Crippen molar-refractivity contribution in [3.8, 4) is 0 Å². The molecule has 0 amide bonds. The third-order valence-corrected chi connectivity index (χ3v) is 4.80. The zero-order valence-electron chi connectivity index (χ0n) is 15.5. The second-order valence-electron chi connectivity index (χ2n) is 6.61. The van der Waals surface area contributed by atoms with Gasteiger partial charge in [0.25, 0.3) is 0 Å². The molecule has 27 heavy (non-hydrogen) atoms. The summed E-state index contributed by atoms with van der Waals surface area (Å²) in [7, 11) is 1.75. The highest BCUT2D eigenvalue weighted by atomic mass is 127. The van der Waals surface area contributed by atoms with Crippen molar-refractivity contribution in [2.45, 2.75) is 25.3 Å². The Morgan fingerprint density at radius 3 is 2.93 bits per heavy atom. The first-order valence-corrected chi connectivity index (χ1v) is 9.08. The molecule has 1 saturated heterocycles. The molecule has 2 N–H and O–H groups in total. The van der Waals surface area contributed by atoms with Gasteiger partial charge >= 0.3 is 0 Å². The Kier molecular flexibility index (Phi) is 8.75. The van der Waals surface area contributed by atoms with Gasteiger partial charge in [0, 0.05) is 38.8 Å². The molecule has 5 nitrogen and oxygen atoms in total. The van der Waals surface area contributed by atoms with Gasteiger partial charge in [-0.2, -0.15) is 0 Å². The molecule has 0 spiro atoms.